The van der Waals surface area contributed by atoms with Crippen LogP contribution in [0.15, 0.2) is 60.7 Å². The van der Waals surface area contributed by atoms with Crippen LogP contribution in [-0.4, -0.2) is 15.9 Å². The van der Waals surface area contributed by atoms with Crippen LogP contribution in [0.4, 0.5) is 22.7 Å². The van der Waals surface area contributed by atoms with Crippen LogP contribution in [0, 0.1) is 0 Å². The number of hydrogen-bond acceptors (Lipinski definition) is 2. The first-order chi connectivity index (χ1) is 15.7. The minimum atomic E-state index is -0.659. The molecule has 2 nitrogen and oxygen atoms in total. The summed E-state index contributed by atoms with van der Waals surface area (Å²) in [4.78, 5) is 0. The van der Waals surface area contributed by atoms with E-state index >= 15 is 0 Å². The number of hydrogen-bond donors (Lipinski definition) is 0. The van der Waals surface area contributed by atoms with Crippen LogP contribution in [0.2, 0.25) is 0 Å². The Kier molecular flexibility index (Phi) is 6.95. The van der Waals surface area contributed by atoms with E-state index in [1.54, 1.807) is 0 Å². The van der Waals surface area contributed by atoms with Crippen molar-refractivity contribution in [2.24, 2.45) is 0 Å². The zero-order valence-electron chi connectivity index (χ0n) is 21.5. The molecule has 33 heavy (non-hydrogen) atoms. The first-order valence-electron chi connectivity index (χ1n) is 12.4. The van der Waals surface area contributed by atoms with Crippen LogP contribution < -0.4 is 7.71 Å². The summed E-state index contributed by atoms with van der Waals surface area (Å²) in [5.74, 6) is 1.95. The van der Waals surface area contributed by atoms with E-state index in [2.05, 4.69) is 124 Å². The number of fused-ring (bicyclic) bond motifs is 1. The third-order valence-corrected chi connectivity index (χ3v) is 9.48. The fraction of sp³-hybridized carbons (Fsp3) is 0.400. The van der Waals surface area contributed by atoms with E-state index in [0.29, 0.717) is 23.7 Å². The van der Waals surface area contributed by atoms with Gasteiger partial charge < -0.3 is 0 Å². The van der Waals surface area contributed by atoms with Gasteiger partial charge in [0.1, 0.15) is 0 Å². The topological polar surface area (TPSA) is 6.48 Å². The van der Waals surface area contributed by atoms with Gasteiger partial charge in [-0.25, -0.2) is 0 Å². The number of rotatable bonds is 6. The summed E-state index contributed by atoms with van der Waals surface area (Å²) in [5.41, 5.74) is 11.5. The molecule has 0 atom stereocenters. The van der Waals surface area contributed by atoms with Gasteiger partial charge in [-0.15, -0.1) is 0 Å². The van der Waals surface area contributed by atoms with Crippen molar-refractivity contribution in [1.29, 1.82) is 0 Å². The molecular formula is C30H38GeN2. The second-order valence-corrected chi connectivity index (χ2v) is 12.7. The van der Waals surface area contributed by atoms with Crippen LogP contribution in [0.1, 0.15) is 101 Å². The molecule has 0 saturated carbocycles. The molecule has 3 aromatic carbocycles. The Morgan fingerprint density at radius 3 is 1.03 bits per heavy atom. The first-order valence-corrected chi connectivity index (χ1v) is 14.3. The number of benzene rings is 3. The van der Waals surface area contributed by atoms with E-state index in [1.165, 1.54) is 45.0 Å². The molecule has 0 fully saturated rings. The zero-order valence-corrected chi connectivity index (χ0v) is 23.6. The Morgan fingerprint density at radius 2 is 0.758 bits per heavy atom. The molecule has 0 aliphatic carbocycles. The molecule has 3 aromatic rings. The van der Waals surface area contributed by atoms with E-state index in [0.717, 1.165) is 0 Å². The van der Waals surface area contributed by atoms with Crippen molar-refractivity contribution in [2.45, 2.75) is 79.1 Å². The monoisotopic (exact) mass is 500 g/mol. The van der Waals surface area contributed by atoms with Crippen LogP contribution in [0.3, 0.4) is 0 Å². The van der Waals surface area contributed by atoms with Crippen molar-refractivity contribution < 1.29 is 0 Å². The van der Waals surface area contributed by atoms with Gasteiger partial charge in [0, 0.05) is 0 Å². The van der Waals surface area contributed by atoms with Gasteiger partial charge in [-0.2, -0.15) is 0 Å². The Labute approximate surface area is 207 Å². The fourth-order valence-electron chi connectivity index (χ4n) is 4.93. The maximum atomic E-state index is 2.70. The van der Waals surface area contributed by atoms with Crippen LogP contribution in [0.5, 0.6) is 0 Å². The summed E-state index contributed by atoms with van der Waals surface area (Å²) in [6.45, 7) is 18.6. The normalized spacial score (nSPS) is 13.7. The van der Waals surface area contributed by atoms with Gasteiger partial charge >= 0.3 is 208 Å². The molecule has 4 rings (SSSR count). The van der Waals surface area contributed by atoms with Crippen LogP contribution in [-0.2, 0) is 0 Å². The summed E-state index contributed by atoms with van der Waals surface area (Å²) in [6, 6.07) is 22.9. The van der Waals surface area contributed by atoms with Crippen molar-refractivity contribution in [3.8, 4) is 0 Å². The van der Waals surface area contributed by atoms with Crippen molar-refractivity contribution >= 4 is 38.6 Å². The summed E-state index contributed by atoms with van der Waals surface area (Å²) in [6.07, 6.45) is 0. The molecule has 0 bridgehead atoms. The van der Waals surface area contributed by atoms with E-state index in [4.69, 9.17) is 0 Å². The zero-order chi connectivity index (χ0) is 23.9. The molecule has 3 heteroatoms. The second kappa shape index (κ2) is 9.58. The van der Waals surface area contributed by atoms with Crippen molar-refractivity contribution in [3.05, 3.63) is 82.9 Å². The third kappa shape index (κ3) is 4.35. The van der Waals surface area contributed by atoms with Gasteiger partial charge in [-0.1, -0.05) is 0 Å². The van der Waals surface area contributed by atoms with Crippen LogP contribution in [0.25, 0.3) is 0 Å². The van der Waals surface area contributed by atoms with Gasteiger partial charge in [0.2, 0.25) is 0 Å². The molecule has 0 unspecified atom stereocenters. The van der Waals surface area contributed by atoms with E-state index < -0.39 is 15.9 Å². The molecule has 1 aliphatic rings. The van der Waals surface area contributed by atoms with Gasteiger partial charge in [0.05, 0.1) is 0 Å². The summed E-state index contributed by atoms with van der Waals surface area (Å²) >= 11 is -0.659. The van der Waals surface area contributed by atoms with Gasteiger partial charge in [0.25, 0.3) is 0 Å². The molecular weight excluding hydrogens is 461 g/mol. The van der Waals surface area contributed by atoms with Gasteiger partial charge in [0.15, 0.2) is 0 Å². The van der Waals surface area contributed by atoms with Crippen LogP contribution >= 0.6 is 0 Å². The average molecular weight is 499 g/mol. The average Bonchev–Trinajstić information content (AvgIpc) is 3.16. The fourth-order valence-corrected chi connectivity index (χ4v) is 8.10. The molecule has 0 amide bonds. The van der Waals surface area contributed by atoms with E-state index in [9.17, 15) is 0 Å². The van der Waals surface area contributed by atoms with E-state index in [1.807, 2.05) is 0 Å². The summed E-state index contributed by atoms with van der Waals surface area (Å²) < 4.78 is 5.39. The minimum absolute atomic E-state index is 0.487. The predicted molar refractivity (Wildman–Crippen MR) is 146 cm³/mol. The quantitative estimate of drug-likeness (QED) is 0.313. The number of para-hydroxylation sites is 4. The Morgan fingerprint density at radius 1 is 0.455 bits per heavy atom. The molecule has 1 aliphatic heterocycles. The Balaban J connectivity index is 1.96. The Bertz CT molecular complexity index is 989. The number of nitrogens with zero attached hydrogens (tertiary/aromatic N) is 2. The molecule has 0 aromatic heterocycles. The number of anilines is 4. The predicted octanol–water partition coefficient (Wildman–Crippen LogP) is 9.00. The summed E-state index contributed by atoms with van der Waals surface area (Å²) in [7, 11) is 0. The molecule has 0 N–H and O–H groups in total. The van der Waals surface area contributed by atoms with E-state index in [-0.39, 0.29) is 0 Å². The van der Waals surface area contributed by atoms with Crippen molar-refractivity contribution in [2.75, 3.05) is 7.71 Å². The third-order valence-electron chi connectivity index (χ3n) is 6.70. The maximum absolute atomic E-state index is 2.70. The molecule has 2 radical (unpaired) electrons. The second-order valence-electron chi connectivity index (χ2n) is 10.4. The first kappa shape index (κ1) is 23.9. The Hall–Kier alpha value is -2.20. The summed E-state index contributed by atoms with van der Waals surface area (Å²) in [5, 5.41) is 0. The van der Waals surface area contributed by atoms with Gasteiger partial charge in [-0.3, -0.25) is 0 Å². The SMILES string of the molecule is CC(C)c1cccc(C(C)C)c1[N]1[Ge][N](c2c(C(C)C)cccc2C(C)C)c2ccccc21. The van der Waals surface area contributed by atoms with Gasteiger partial charge in [-0.05, 0) is 0 Å². The standard InChI is InChI=1S/C30H38GeN2/c1-19(2)23-13-11-14-24(20(3)4)29(23)32-27-17-9-10-18-28(27)33(31-32)30-25(21(5)6)15-12-16-26(30)22(7)8/h9-22H,1-8H3. The molecule has 172 valence electrons. The molecule has 0 spiro atoms. The van der Waals surface area contributed by atoms with Crippen molar-refractivity contribution in [3.63, 3.8) is 0 Å². The molecule has 1 heterocycles. The molecule has 0 saturated heterocycles. The van der Waals surface area contributed by atoms with Crippen molar-refractivity contribution in [1.82, 2.24) is 0 Å².